The summed E-state index contributed by atoms with van der Waals surface area (Å²) in [6.07, 6.45) is 1.64. The summed E-state index contributed by atoms with van der Waals surface area (Å²) in [4.78, 5) is 3.81. The maximum absolute atomic E-state index is 11.7. The van der Waals surface area contributed by atoms with Crippen LogP contribution in [0.3, 0.4) is 0 Å². The van der Waals surface area contributed by atoms with E-state index in [1.54, 1.807) is 6.92 Å². The van der Waals surface area contributed by atoms with Gasteiger partial charge in [-0.3, -0.25) is 0 Å². The molecule has 17 heavy (non-hydrogen) atoms. The van der Waals surface area contributed by atoms with Gasteiger partial charge in [0.2, 0.25) is 16.4 Å². The van der Waals surface area contributed by atoms with Crippen molar-refractivity contribution in [1.29, 1.82) is 0 Å². The summed E-state index contributed by atoms with van der Waals surface area (Å²) in [5.41, 5.74) is 0. The maximum atomic E-state index is 11.7. The number of nitrogens with zero attached hydrogens (tertiary/aromatic N) is 2. The van der Waals surface area contributed by atoms with Crippen LogP contribution in [0.5, 0.6) is 0 Å². The summed E-state index contributed by atoms with van der Waals surface area (Å²) in [6.45, 7) is 5.07. The Hall–Kier alpha value is -0.990. The van der Waals surface area contributed by atoms with Gasteiger partial charge in [-0.1, -0.05) is 12.1 Å². The number of nitrogens with one attached hydrogen (secondary N) is 2. The van der Waals surface area contributed by atoms with Gasteiger partial charge in [-0.25, -0.2) is 13.1 Å². The first kappa shape index (κ1) is 14.1. The van der Waals surface area contributed by atoms with E-state index in [2.05, 4.69) is 24.7 Å². The maximum Gasteiger partial charge on any atom is 0.215 e. The number of hydrogen-bond acceptors (Lipinski definition) is 6. The van der Waals surface area contributed by atoms with Crippen LogP contribution in [0.25, 0.3) is 0 Å². The van der Waals surface area contributed by atoms with Crippen LogP contribution < -0.4 is 10.0 Å². The van der Waals surface area contributed by atoms with E-state index in [1.807, 2.05) is 6.92 Å². The van der Waals surface area contributed by atoms with E-state index < -0.39 is 15.3 Å². The van der Waals surface area contributed by atoms with Gasteiger partial charge in [-0.2, -0.15) is 4.98 Å². The van der Waals surface area contributed by atoms with Crippen molar-refractivity contribution in [3.8, 4) is 0 Å². The van der Waals surface area contributed by atoms with Gasteiger partial charge in [0, 0.05) is 19.5 Å². The van der Waals surface area contributed by atoms with E-state index in [1.165, 1.54) is 6.39 Å². The smallest absolute Gasteiger partial charge is 0.215 e. The zero-order valence-corrected chi connectivity index (χ0v) is 10.8. The number of hydrogen-bond donors (Lipinski definition) is 2. The van der Waals surface area contributed by atoms with Crippen LogP contribution >= 0.6 is 0 Å². The summed E-state index contributed by atoms with van der Waals surface area (Å²) in [6, 6.07) is 0. The molecule has 1 unspecified atom stereocenters. The van der Waals surface area contributed by atoms with Crippen molar-refractivity contribution in [2.45, 2.75) is 25.5 Å². The van der Waals surface area contributed by atoms with E-state index in [9.17, 15) is 8.42 Å². The molecule has 8 heteroatoms. The molecule has 0 amide bonds. The minimum Gasteiger partial charge on any atom is -0.343 e. The molecule has 0 radical (unpaired) electrons. The van der Waals surface area contributed by atoms with Crippen LogP contribution in [0.15, 0.2) is 10.9 Å². The second-order valence-electron chi connectivity index (χ2n) is 3.66. The summed E-state index contributed by atoms with van der Waals surface area (Å²) < 4.78 is 30.6. The van der Waals surface area contributed by atoms with Crippen molar-refractivity contribution in [3.63, 3.8) is 0 Å². The fourth-order valence-electron chi connectivity index (χ4n) is 1.21. The van der Waals surface area contributed by atoms with Crippen LogP contribution in [0.4, 0.5) is 0 Å². The molecular formula is C9H18N4O3S. The Bertz CT molecular complexity index is 404. The SMILES string of the molecule is CCNCC(C)S(=O)(=O)NCCc1ncon1. The lowest BCUT2D eigenvalue weighted by molar-refractivity contribution is 0.409. The Labute approximate surface area is 101 Å². The Balaban J connectivity index is 2.33. The molecule has 1 heterocycles. The van der Waals surface area contributed by atoms with E-state index in [-0.39, 0.29) is 6.54 Å². The highest BCUT2D eigenvalue weighted by atomic mass is 32.2. The minimum atomic E-state index is -3.28. The van der Waals surface area contributed by atoms with Crippen molar-refractivity contribution >= 4 is 10.0 Å². The predicted octanol–water partition coefficient (Wildman–Crippen LogP) is -0.470. The molecule has 0 spiro atoms. The molecule has 98 valence electrons. The van der Waals surface area contributed by atoms with Gasteiger partial charge in [-0.15, -0.1) is 0 Å². The highest BCUT2D eigenvalue weighted by molar-refractivity contribution is 7.90. The topological polar surface area (TPSA) is 97.1 Å². The first-order chi connectivity index (χ1) is 8.06. The Morgan fingerprint density at radius 1 is 1.53 bits per heavy atom. The highest BCUT2D eigenvalue weighted by Crippen LogP contribution is 1.97. The lowest BCUT2D eigenvalue weighted by Crippen LogP contribution is -2.39. The average Bonchev–Trinajstić information content (AvgIpc) is 2.78. The molecule has 0 aliphatic heterocycles. The molecule has 1 aromatic rings. The molecule has 2 N–H and O–H groups in total. The Morgan fingerprint density at radius 2 is 2.29 bits per heavy atom. The molecule has 1 aromatic heterocycles. The summed E-state index contributed by atoms with van der Waals surface area (Å²) in [5, 5.41) is 6.13. The third-order valence-corrected chi connectivity index (χ3v) is 4.10. The van der Waals surface area contributed by atoms with Gasteiger partial charge in [0.05, 0.1) is 5.25 Å². The monoisotopic (exact) mass is 262 g/mol. The van der Waals surface area contributed by atoms with E-state index in [0.29, 0.717) is 18.8 Å². The van der Waals surface area contributed by atoms with Crippen molar-refractivity contribution in [2.24, 2.45) is 0 Å². The molecule has 0 bridgehead atoms. The summed E-state index contributed by atoms with van der Waals surface area (Å²) in [5.74, 6) is 0.493. The van der Waals surface area contributed by atoms with Crippen molar-refractivity contribution in [1.82, 2.24) is 20.2 Å². The minimum absolute atomic E-state index is 0.276. The van der Waals surface area contributed by atoms with Crippen LogP contribution in [0, 0.1) is 0 Å². The lowest BCUT2D eigenvalue weighted by atomic mass is 10.4. The van der Waals surface area contributed by atoms with Gasteiger partial charge < -0.3 is 9.84 Å². The molecule has 0 aromatic carbocycles. The first-order valence-electron chi connectivity index (χ1n) is 5.50. The zero-order valence-electron chi connectivity index (χ0n) is 10.0. The van der Waals surface area contributed by atoms with Gasteiger partial charge in [-0.05, 0) is 13.5 Å². The fourth-order valence-corrected chi connectivity index (χ4v) is 2.22. The van der Waals surface area contributed by atoms with Crippen LogP contribution in [0.2, 0.25) is 0 Å². The second-order valence-corrected chi connectivity index (χ2v) is 5.84. The van der Waals surface area contributed by atoms with Gasteiger partial charge in [0.15, 0.2) is 5.82 Å². The summed E-state index contributed by atoms with van der Waals surface area (Å²) in [7, 11) is -3.28. The van der Waals surface area contributed by atoms with E-state index >= 15 is 0 Å². The van der Waals surface area contributed by atoms with E-state index in [0.717, 1.165) is 6.54 Å². The molecule has 7 nitrogen and oxygen atoms in total. The Kier molecular flexibility index (Phi) is 5.52. The lowest BCUT2D eigenvalue weighted by Gasteiger charge is -2.13. The fraction of sp³-hybridized carbons (Fsp3) is 0.778. The zero-order chi connectivity index (χ0) is 12.7. The quantitative estimate of drug-likeness (QED) is 0.657. The second kappa shape index (κ2) is 6.67. The van der Waals surface area contributed by atoms with Crippen molar-refractivity contribution < 1.29 is 12.9 Å². The van der Waals surface area contributed by atoms with Gasteiger partial charge in [0.1, 0.15) is 0 Å². The average molecular weight is 262 g/mol. The third kappa shape index (κ3) is 4.80. The summed E-state index contributed by atoms with van der Waals surface area (Å²) >= 11 is 0. The molecule has 1 rings (SSSR count). The van der Waals surface area contributed by atoms with Crippen LogP contribution in [-0.4, -0.2) is 43.4 Å². The molecule has 0 aliphatic carbocycles. The van der Waals surface area contributed by atoms with E-state index in [4.69, 9.17) is 0 Å². The number of sulfonamides is 1. The molecular weight excluding hydrogens is 244 g/mol. The number of rotatable bonds is 8. The highest BCUT2D eigenvalue weighted by Gasteiger charge is 2.19. The normalized spacial score (nSPS) is 13.8. The van der Waals surface area contributed by atoms with Gasteiger partial charge >= 0.3 is 0 Å². The van der Waals surface area contributed by atoms with Gasteiger partial charge in [0.25, 0.3) is 0 Å². The standard InChI is InChI=1S/C9H18N4O3S/c1-3-10-6-8(2)17(14,15)12-5-4-9-11-7-16-13-9/h7-8,10,12H,3-6H2,1-2H3. The number of aromatic nitrogens is 2. The molecule has 0 aliphatic rings. The Morgan fingerprint density at radius 3 is 2.88 bits per heavy atom. The largest absolute Gasteiger partial charge is 0.343 e. The van der Waals surface area contributed by atoms with Crippen molar-refractivity contribution in [2.75, 3.05) is 19.6 Å². The first-order valence-corrected chi connectivity index (χ1v) is 7.05. The third-order valence-electron chi connectivity index (χ3n) is 2.27. The van der Waals surface area contributed by atoms with Crippen LogP contribution in [-0.2, 0) is 16.4 Å². The molecule has 0 saturated carbocycles. The molecule has 1 atom stereocenters. The molecule has 0 fully saturated rings. The molecule has 0 saturated heterocycles. The predicted molar refractivity (Wildman–Crippen MR) is 62.9 cm³/mol. The van der Waals surface area contributed by atoms with Crippen LogP contribution in [0.1, 0.15) is 19.7 Å². The van der Waals surface area contributed by atoms with Crippen molar-refractivity contribution in [3.05, 3.63) is 12.2 Å².